The van der Waals surface area contributed by atoms with Gasteiger partial charge < -0.3 is 19.8 Å². The molecule has 0 unspecified atom stereocenters. The van der Waals surface area contributed by atoms with Gasteiger partial charge in [-0.05, 0) is 71.6 Å². The van der Waals surface area contributed by atoms with Gasteiger partial charge in [0.1, 0.15) is 5.60 Å². The van der Waals surface area contributed by atoms with Gasteiger partial charge in [-0.3, -0.25) is 4.79 Å². The molecule has 0 bridgehead atoms. The van der Waals surface area contributed by atoms with Crippen LogP contribution in [0, 0.1) is 0 Å². The standard InChI is InChI=1S/C18H28BNO4/c1-16(2,3)22-15(21)10-12-8-13(11-14(20)9-12)19-23-17(4,5)18(6,7)24-19/h8-9,11H,10,20H2,1-7H3. The van der Waals surface area contributed by atoms with Crippen LogP contribution in [0.4, 0.5) is 5.69 Å². The number of nitrogens with two attached hydrogens (primary N) is 1. The van der Waals surface area contributed by atoms with E-state index in [0.717, 1.165) is 11.0 Å². The summed E-state index contributed by atoms with van der Waals surface area (Å²) in [6.07, 6.45) is 0.162. The summed E-state index contributed by atoms with van der Waals surface area (Å²) in [6, 6.07) is 5.49. The zero-order valence-corrected chi connectivity index (χ0v) is 15.7. The minimum atomic E-state index is -0.508. The SMILES string of the molecule is CC(C)(C)OC(=O)Cc1cc(N)cc(B2OC(C)(C)C(C)(C)O2)c1. The molecule has 1 aromatic rings. The summed E-state index contributed by atoms with van der Waals surface area (Å²) in [5.41, 5.74) is 6.82. The summed E-state index contributed by atoms with van der Waals surface area (Å²) < 4.78 is 17.5. The number of carbonyl (C=O) groups is 1. The van der Waals surface area contributed by atoms with E-state index >= 15 is 0 Å². The maximum atomic E-state index is 12.1. The van der Waals surface area contributed by atoms with E-state index in [9.17, 15) is 4.79 Å². The highest BCUT2D eigenvalue weighted by molar-refractivity contribution is 6.62. The molecular weight excluding hydrogens is 305 g/mol. The fraction of sp³-hybridized carbons (Fsp3) is 0.611. The zero-order valence-electron chi connectivity index (χ0n) is 15.7. The molecule has 1 fully saturated rings. The second-order valence-corrected chi connectivity index (χ2v) is 8.36. The topological polar surface area (TPSA) is 70.8 Å². The van der Waals surface area contributed by atoms with Crippen LogP contribution in [0.1, 0.15) is 54.0 Å². The molecule has 0 spiro atoms. The lowest BCUT2D eigenvalue weighted by Crippen LogP contribution is -2.41. The lowest BCUT2D eigenvalue weighted by atomic mass is 9.78. The Labute approximate surface area is 145 Å². The number of nitrogen functional groups attached to an aromatic ring is 1. The third-order valence-electron chi connectivity index (χ3n) is 4.33. The molecule has 1 aliphatic rings. The summed E-state index contributed by atoms with van der Waals surface area (Å²) in [5, 5.41) is 0. The van der Waals surface area contributed by atoms with Crippen LogP contribution in [0.15, 0.2) is 18.2 Å². The third kappa shape index (κ3) is 4.30. The molecule has 2 rings (SSSR count). The molecule has 24 heavy (non-hydrogen) atoms. The molecule has 1 heterocycles. The van der Waals surface area contributed by atoms with Crippen molar-refractivity contribution in [1.82, 2.24) is 0 Å². The molecular formula is C18H28BNO4. The molecule has 0 aromatic heterocycles. The summed E-state index contributed by atoms with van der Waals surface area (Å²) in [5.74, 6) is -0.284. The molecule has 0 saturated carbocycles. The highest BCUT2D eigenvalue weighted by Crippen LogP contribution is 2.36. The van der Waals surface area contributed by atoms with Crippen molar-refractivity contribution >= 4 is 24.2 Å². The second kappa shape index (κ2) is 6.08. The normalized spacial score (nSPS) is 19.4. The Kier molecular flexibility index (Phi) is 4.77. The maximum absolute atomic E-state index is 12.1. The number of benzene rings is 1. The number of carbonyl (C=O) groups excluding carboxylic acids is 1. The van der Waals surface area contributed by atoms with Crippen molar-refractivity contribution in [1.29, 1.82) is 0 Å². The number of ether oxygens (including phenoxy) is 1. The van der Waals surface area contributed by atoms with Crippen LogP contribution < -0.4 is 11.2 Å². The van der Waals surface area contributed by atoms with Gasteiger partial charge in [0.15, 0.2) is 0 Å². The first-order valence-corrected chi connectivity index (χ1v) is 8.26. The zero-order chi connectivity index (χ0) is 18.3. The molecule has 0 atom stereocenters. The van der Waals surface area contributed by atoms with Gasteiger partial charge in [-0.15, -0.1) is 0 Å². The summed E-state index contributed by atoms with van der Waals surface area (Å²) in [6.45, 7) is 13.5. The van der Waals surface area contributed by atoms with Crippen LogP contribution in [0.2, 0.25) is 0 Å². The Hall–Kier alpha value is -1.53. The fourth-order valence-corrected chi connectivity index (χ4v) is 2.51. The van der Waals surface area contributed by atoms with Crippen LogP contribution in [0.5, 0.6) is 0 Å². The van der Waals surface area contributed by atoms with E-state index in [-0.39, 0.29) is 12.4 Å². The maximum Gasteiger partial charge on any atom is 0.494 e. The fourth-order valence-electron chi connectivity index (χ4n) is 2.51. The summed E-state index contributed by atoms with van der Waals surface area (Å²) in [7, 11) is -0.504. The molecule has 0 aliphatic carbocycles. The molecule has 2 N–H and O–H groups in total. The van der Waals surface area contributed by atoms with E-state index in [0.29, 0.717) is 5.69 Å². The molecule has 1 saturated heterocycles. The van der Waals surface area contributed by atoms with Crippen molar-refractivity contribution in [3.05, 3.63) is 23.8 Å². The lowest BCUT2D eigenvalue weighted by molar-refractivity contribution is -0.153. The monoisotopic (exact) mass is 333 g/mol. The first-order valence-electron chi connectivity index (χ1n) is 8.26. The van der Waals surface area contributed by atoms with E-state index in [1.54, 1.807) is 6.07 Å². The first kappa shape index (κ1) is 18.8. The van der Waals surface area contributed by atoms with E-state index < -0.39 is 23.9 Å². The van der Waals surface area contributed by atoms with E-state index in [2.05, 4.69) is 0 Å². The van der Waals surface area contributed by atoms with Crippen molar-refractivity contribution in [2.75, 3.05) is 5.73 Å². The minimum Gasteiger partial charge on any atom is -0.460 e. The van der Waals surface area contributed by atoms with Gasteiger partial charge >= 0.3 is 13.1 Å². The number of anilines is 1. The van der Waals surface area contributed by atoms with Gasteiger partial charge in [0.2, 0.25) is 0 Å². The van der Waals surface area contributed by atoms with Gasteiger partial charge in [0, 0.05) is 5.69 Å². The van der Waals surface area contributed by atoms with Crippen LogP contribution in [0.3, 0.4) is 0 Å². The minimum absolute atomic E-state index is 0.162. The van der Waals surface area contributed by atoms with Gasteiger partial charge in [-0.2, -0.15) is 0 Å². The largest absolute Gasteiger partial charge is 0.494 e. The van der Waals surface area contributed by atoms with E-state index in [4.69, 9.17) is 19.8 Å². The smallest absolute Gasteiger partial charge is 0.460 e. The molecule has 0 radical (unpaired) electrons. The van der Waals surface area contributed by atoms with E-state index in [1.165, 1.54) is 0 Å². The van der Waals surface area contributed by atoms with Crippen molar-refractivity contribution in [2.24, 2.45) is 0 Å². The Balaban J connectivity index is 2.20. The molecule has 132 valence electrons. The second-order valence-electron chi connectivity index (χ2n) is 8.36. The van der Waals surface area contributed by atoms with E-state index in [1.807, 2.05) is 60.6 Å². The van der Waals surface area contributed by atoms with Crippen LogP contribution in [-0.4, -0.2) is 29.9 Å². The van der Waals surface area contributed by atoms with Crippen LogP contribution >= 0.6 is 0 Å². The Bertz CT molecular complexity index is 618. The lowest BCUT2D eigenvalue weighted by Gasteiger charge is -2.32. The Morgan fingerprint density at radius 2 is 1.67 bits per heavy atom. The first-order chi connectivity index (χ1) is 10.8. The Morgan fingerprint density at radius 3 is 2.17 bits per heavy atom. The quantitative estimate of drug-likeness (QED) is 0.523. The molecule has 1 aliphatic heterocycles. The van der Waals surface area contributed by atoms with Crippen LogP contribution in [-0.2, 0) is 25.3 Å². The van der Waals surface area contributed by atoms with Gasteiger partial charge in [0.25, 0.3) is 0 Å². The highest BCUT2D eigenvalue weighted by atomic mass is 16.7. The summed E-state index contributed by atoms with van der Waals surface area (Å²) in [4.78, 5) is 12.1. The van der Waals surface area contributed by atoms with Gasteiger partial charge in [0.05, 0.1) is 17.6 Å². The number of hydrogen-bond acceptors (Lipinski definition) is 5. The molecule has 0 amide bonds. The predicted octanol–water partition coefficient (Wildman–Crippen LogP) is 2.45. The number of rotatable bonds is 3. The van der Waals surface area contributed by atoms with Crippen molar-refractivity contribution in [2.45, 2.75) is 71.7 Å². The highest BCUT2D eigenvalue weighted by Gasteiger charge is 2.51. The third-order valence-corrected chi connectivity index (χ3v) is 4.33. The molecule has 6 heteroatoms. The average Bonchev–Trinajstić information content (AvgIpc) is 2.55. The number of hydrogen-bond donors (Lipinski definition) is 1. The van der Waals surface area contributed by atoms with Crippen molar-refractivity contribution in [3.8, 4) is 0 Å². The molecule has 1 aromatic carbocycles. The number of esters is 1. The summed E-state index contributed by atoms with van der Waals surface area (Å²) >= 11 is 0. The van der Waals surface area contributed by atoms with Crippen LogP contribution in [0.25, 0.3) is 0 Å². The van der Waals surface area contributed by atoms with Crippen molar-refractivity contribution < 1.29 is 18.8 Å². The van der Waals surface area contributed by atoms with Gasteiger partial charge in [-0.25, -0.2) is 0 Å². The van der Waals surface area contributed by atoms with Crippen molar-refractivity contribution in [3.63, 3.8) is 0 Å². The predicted molar refractivity (Wildman–Crippen MR) is 96.1 cm³/mol. The average molecular weight is 333 g/mol. The Morgan fingerprint density at radius 1 is 1.12 bits per heavy atom. The van der Waals surface area contributed by atoms with Gasteiger partial charge in [-0.1, -0.05) is 6.07 Å². The molecule has 5 nitrogen and oxygen atoms in total.